The van der Waals surface area contributed by atoms with E-state index in [1.807, 2.05) is 0 Å². The molecule has 0 saturated heterocycles. The molecule has 1 rings (SSSR count). The van der Waals surface area contributed by atoms with Crippen LogP contribution >= 0.6 is 11.6 Å². The summed E-state index contributed by atoms with van der Waals surface area (Å²) in [6.07, 6.45) is 5.30. The zero-order valence-corrected chi connectivity index (χ0v) is 7.80. The van der Waals surface area contributed by atoms with E-state index in [-0.39, 0.29) is 0 Å². The maximum Gasteiger partial charge on any atom is 0.0280 e. The molecule has 0 aliphatic heterocycles. The minimum Gasteiger partial charge on any atom is -0.260 e. The van der Waals surface area contributed by atoms with Crippen molar-refractivity contribution in [1.29, 1.82) is 0 Å². The van der Waals surface area contributed by atoms with Gasteiger partial charge in [-0.1, -0.05) is 0 Å². The summed E-state index contributed by atoms with van der Waals surface area (Å²) in [5, 5.41) is 0. The predicted molar refractivity (Wildman–Crippen MR) is 45.9 cm³/mol. The lowest BCUT2D eigenvalue weighted by Gasteiger charge is -2.07. The Balaban J connectivity index is 2.19. The van der Waals surface area contributed by atoms with Crippen molar-refractivity contribution in [2.45, 2.75) is 19.3 Å². The topological polar surface area (TPSA) is 17.1 Å². The van der Waals surface area contributed by atoms with Gasteiger partial charge in [-0.05, 0) is 24.7 Å². The van der Waals surface area contributed by atoms with Crippen LogP contribution in [0, 0.1) is 5.41 Å². The van der Waals surface area contributed by atoms with Crippen molar-refractivity contribution < 1.29 is 4.21 Å². The summed E-state index contributed by atoms with van der Waals surface area (Å²) in [5.41, 5.74) is 0.396. The Bertz CT molecular complexity index is 143. The molecule has 1 atom stereocenters. The fourth-order valence-electron chi connectivity index (χ4n) is 0.987. The Labute approximate surface area is 69.6 Å². The highest BCUT2D eigenvalue weighted by Crippen LogP contribution is 2.49. The van der Waals surface area contributed by atoms with Crippen LogP contribution in [0.15, 0.2) is 0 Å². The predicted octanol–water partition coefficient (Wildman–Crippen LogP) is 1.77. The van der Waals surface area contributed by atoms with Gasteiger partial charge in [0.15, 0.2) is 0 Å². The SMILES string of the molecule is CS(=O)CCC1(CCl)CC1. The Morgan fingerprint density at radius 3 is 2.50 bits per heavy atom. The van der Waals surface area contributed by atoms with Crippen molar-refractivity contribution in [3.05, 3.63) is 0 Å². The summed E-state index contributed by atoms with van der Waals surface area (Å²) in [6, 6.07) is 0. The minimum atomic E-state index is -0.632. The van der Waals surface area contributed by atoms with Gasteiger partial charge in [0.2, 0.25) is 0 Å². The maximum absolute atomic E-state index is 10.7. The normalized spacial score (nSPS) is 24.2. The maximum atomic E-state index is 10.7. The van der Waals surface area contributed by atoms with Gasteiger partial charge in [0.1, 0.15) is 0 Å². The molecule has 3 heteroatoms. The van der Waals surface area contributed by atoms with Crippen LogP contribution in [0.1, 0.15) is 19.3 Å². The summed E-state index contributed by atoms with van der Waals surface area (Å²) < 4.78 is 10.7. The lowest BCUT2D eigenvalue weighted by atomic mass is 10.1. The third-order valence-electron chi connectivity index (χ3n) is 2.16. The Kier molecular flexibility index (Phi) is 2.75. The quantitative estimate of drug-likeness (QED) is 0.603. The molecule has 0 amide bonds. The third-order valence-corrected chi connectivity index (χ3v) is 3.51. The van der Waals surface area contributed by atoms with Crippen LogP contribution < -0.4 is 0 Å². The van der Waals surface area contributed by atoms with E-state index >= 15 is 0 Å². The first kappa shape index (κ1) is 8.54. The van der Waals surface area contributed by atoms with Gasteiger partial charge >= 0.3 is 0 Å². The Hall–Kier alpha value is 0.440. The van der Waals surface area contributed by atoms with Gasteiger partial charge in [0.25, 0.3) is 0 Å². The molecule has 0 aromatic carbocycles. The summed E-state index contributed by atoms with van der Waals surface area (Å²) in [5.74, 6) is 1.58. The highest BCUT2D eigenvalue weighted by molar-refractivity contribution is 7.84. The molecule has 10 heavy (non-hydrogen) atoms. The van der Waals surface area contributed by atoms with E-state index in [9.17, 15) is 4.21 Å². The Morgan fingerprint density at radius 2 is 2.20 bits per heavy atom. The second-order valence-electron chi connectivity index (χ2n) is 3.16. The van der Waals surface area contributed by atoms with Gasteiger partial charge in [-0.25, -0.2) is 0 Å². The number of alkyl halides is 1. The summed E-state index contributed by atoms with van der Waals surface area (Å²) in [7, 11) is -0.632. The highest BCUT2D eigenvalue weighted by atomic mass is 35.5. The molecule has 60 valence electrons. The van der Waals surface area contributed by atoms with Crippen LogP contribution in [0.2, 0.25) is 0 Å². The van der Waals surface area contributed by atoms with Crippen molar-refractivity contribution in [3.8, 4) is 0 Å². The Morgan fingerprint density at radius 1 is 1.60 bits per heavy atom. The summed E-state index contributed by atoms with van der Waals surface area (Å²) in [6.45, 7) is 0. The molecule has 0 N–H and O–H groups in total. The van der Waals surface area contributed by atoms with Gasteiger partial charge in [0, 0.05) is 28.7 Å². The van der Waals surface area contributed by atoms with Gasteiger partial charge in [-0.2, -0.15) is 0 Å². The van der Waals surface area contributed by atoms with Crippen molar-refractivity contribution in [3.63, 3.8) is 0 Å². The number of hydrogen-bond acceptors (Lipinski definition) is 1. The van der Waals surface area contributed by atoms with Crippen LogP contribution in [0.5, 0.6) is 0 Å². The average molecular weight is 181 g/mol. The van der Waals surface area contributed by atoms with Crippen LogP contribution in [-0.4, -0.2) is 22.1 Å². The first-order valence-corrected chi connectivity index (χ1v) is 5.81. The fraction of sp³-hybridized carbons (Fsp3) is 1.00. The average Bonchev–Trinajstić information content (AvgIpc) is 2.64. The zero-order chi connectivity index (χ0) is 7.61. The third kappa shape index (κ3) is 2.24. The van der Waals surface area contributed by atoms with E-state index in [0.717, 1.165) is 18.1 Å². The standard InChI is InChI=1S/C7H13ClOS/c1-10(9)5-4-7(6-8)2-3-7/h2-6H2,1H3. The number of halogens is 1. The first-order valence-electron chi connectivity index (χ1n) is 3.55. The second kappa shape index (κ2) is 3.22. The molecule has 0 aromatic heterocycles. The molecule has 0 aromatic rings. The summed E-state index contributed by atoms with van der Waals surface area (Å²) >= 11 is 5.74. The molecular formula is C7H13ClOS. The van der Waals surface area contributed by atoms with Gasteiger partial charge in [-0.15, -0.1) is 11.6 Å². The smallest absolute Gasteiger partial charge is 0.0280 e. The first-order chi connectivity index (χ1) is 4.68. The van der Waals surface area contributed by atoms with E-state index in [4.69, 9.17) is 11.6 Å². The van der Waals surface area contributed by atoms with E-state index < -0.39 is 10.8 Å². The van der Waals surface area contributed by atoms with E-state index in [1.165, 1.54) is 12.8 Å². The fourth-order valence-corrected chi connectivity index (χ4v) is 2.11. The van der Waals surface area contributed by atoms with E-state index in [2.05, 4.69) is 0 Å². The molecule has 1 saturated carbocycles. The number of rotatable bonds is 4. The highest BCUT2D eigenvalue weighted by Gasteiger charge is 2.41. The zero-order valence-electron chi connectivity index (χ0n) is 6.23. The van der Waals surface area contributed by atoms with Crippen molar-refractivity contribution >= 4 is 22.4 Å². The lowest BCUT2D eigenvalue weighted by molar-refractivity contribution is 0.559. The molecular weight excluding hydrogens is 168 g/mol. The van der Waals surface area contributed by atoms with Gasteiger partial charge in [-0.3, -0.25) is 4.21 Å². The van der Waals surface area contributed by atoms with Crippen molar-refractivity contribution in [2.24, 2.45) is 5.41 Å². The van der Waals surface area contributed by atoms with E-state index in [0.29, 0.717) is 5.41 Å². The lowest BCUT2D eigenvalue weighted by Crippen LogP contribution is -2.07. The molecule has 1 unspecified atom stereocenters. The molecule has 1 aliphatic rings. The largest absolute Gasteiger partial charge is 0.260 e. The molecule has 1 aliphatic carbocycles. The van der Waals surface area contributed by atoms with Crippen LogP contribution in [-0.2, 0) is 10.8 Å². The molecule has 0 radical (unpaired) electrons. The molecule has 1 fully saturated rings. The molecule has 0 heterocycles. The molecule has 0 bridgehead atoms. The van der Waals surface area contributed by atoms with Gasteiger partial charge < -0.3 is 0 Å². The number of hydrogen-bond donors (Lipinski definition) is 0. The van der Waals surface area contributed by atoms with E-state index in [1.54, 1.807) is 6.26 Å². The van der Waals surface area contributed by atoms with Crippen molar-refractivity contribution in [2.75, 3.05) is 17.9 Å². The molecule has 0 spiro atoms. The molecule has 1 nitrogen and oxygen atoms in total. The monoisotopic (exact) mass is 180 g/mol. The van der Waals surface area contributed by atoms with Crippen molar-refractivity contribution in [1.82, 2.24) is 0 Å². The van der Waals surface area contributed by atoms with Crippen LogP contribution in [0.25, 0.3) is 0 Å². The van der Waals surface area contributed by atoms with Crippen LogP contribution in [0.3, 0.4) is 0 Å². The van der Waals surface area contributed by atoms with Crippen LogP contribution in [0.4, 0.5) is 0 Å². The second-order valence-corrected chi connectivity index (χ2v) is 4.98. The summed E-state index contributed by atoms with van der Waals surface area (Å²) in [4.78, 5) is 0. The van der Waals surface area contributed by atoms with Gasteiger partial charge in [0.05, 0.1) is 0 Å². The minimum absolute atomic E-state index is 0.396.